The highest BCUT2D eigenvalue weighted by atomic mass is 32.1. The second-order valence-electron chi connectivity index (χ2n) is 7.54. The van der Waals surface area contributed by atoms with Gasteiger partial charge in [-0.3, -0.25) is 4.79 Å². The fraction of sp³-hybridized carbons (Fsp3) is 0.240. The molecule has 0 bridgehead atoms. The largest absolute Gasteiger partial charge is 0.493 e. The number of aryl methyl sites for hydroxylation is 1. The van der Waals surface area contributed by atoms with Gasteiger partial charge < -0.3 is 14.2 Å². The van der Waals surface area contributed by atoms with Crippen molar-refractivity contribution in [1.82, 2.24) is 5.01 Å². The first-order chi connectivity index (χ1) is 16.0. The number of carbonyl (C=O) groups excluding carboxylic acids is 2. The van der Waals surface area contributed by atoms with Crippen LogP contribution in [0.25, 0.3) is 0 Å². The monoisotopic (exact) mass is 464 g/mol. The summed E-state index contributed by atoms with van der Waals surface area (Å²) in [6.45, 7) is 1.53. The van der Waals surface area contributed by atoms with Gasteiger partial charge in [0.1, 0.15) is 0 Å². The molecule has 1 amide bonds. The van der Waals surface area contributed by atoms with Gasteiger partial charge in [0.25, 0.3) is 5.91 Å². The number of hydrogen-bond acceptors (Lipinski definition) is 7. The molecule has 2 aromatic carbocycles. The number of esters is 1. The molecule has 0 saturated carbocycles. The minimum Gasteiger partial charge on any atom is -0.493 e. The van der Waals surface area contributed by atoms with Crippen LogP contribution >= 0.6 is 11.3 Å². The van der Waals surface area contributed by atoms with E-state index >= 15 is 0 Å². The Kier molecular flexibility index (Phi) is 6.74. The van der Waals surface area contributed by atoms with Crippen molar-refractivity contribution in [2.45, 2.75) is 19.4 Å². The smallest absolute Gasteiger partial charge is 0.338 e. The van der Waals surface area contributed by atoms with Crippen LogP contribution in [0.15, 0.2) is 65.1 Å². The Morgan fingerprint density at radius 1 is 1.06 bits per heavy atom. The van der Waals surface area contributed by atoms with Crippen LogP contribution in [0.2, 0.25) is 0 Å². The predicted molar refractivity (Wildman–Crippen MR) is 126 cm³/mol. The van der Waals surface area contributed by atoms with Crippen molar-refractivity contribution in [3.8, 4) is 11.5 Å². The van der Waals surface area contributed by atoms with E-state index in [4.69, 9.17) is 14.2 Å². The summed E-state index contributed by atoms with van der Waals surface area (Å²) in [7, 11) is 3.14. The molecule has 8 heteroatoms. The molecule has 7 nitrogen and oxygen atoms in total. The van der Waals surface area contributed by atoms with Gasteiger partial charge in [-0.15, -0.1) is 11.3 Å². The zero-order valence-electron chi connectivity index (χ0n) is 18.6. The van der Waals surface area contributed by atoms with Crippen LogP contribution < -0.4 is 9.47 Å². The third-order valence-electron chi connectivity index (χ3n) is 5.38. The number of ether oxygens (including phenoxy) is 3. The lowest BCUT2D eigenvalue weighted by atomic mass is 10.0. The van der Waals surface area contributed by atoms with E-state index in [1.165, 1.54) is 5.01 Å². The van der Waals surface area contributed by atoms with Crippen LogP contribution in [0.1, 0.15) is 38.8 Å². The third kappa shape index (κ3) is 4.90. The van der Waals surface area contributed by atoms with Crippen LogP contribution in [0.4, 0.5) is 0 Å². The molecule has 1 unspecified atom stereocenters. The SMILES string of the molecule is COc1ccc(C2CC(c3cccs3)=NN2C(=O)COC(=O)c2ccc(C)cc2)cc1OC. The number of hydrazone groups is 1. The summed E-state index contributed by atoms with van der Waals surface area (Å²) in [4.78, 5) is 26.5. The molecule has 0 radical (unpaired) electrons. The van der Waals surface area contributed by atoms with Crippen molar-refractivity contribution in [3.05, 3.63) is 81.5 Å². The summed E-state index contributed by atoms with van der Waals surface area (Å²) in [5.74, 6) is 0.218. The maximum absolute atomic E-state index is 13.1. The standard InChI is InChI=1S/C25H24N2O5S/c1-16-6-8-17(9-7-16)25(29)32-15-24(28)27-20(14-19(26-27)23-5-4-12-33-23)18-10-11-21(30-2)22(13-18)31-3/h4-13,20H,14-15H2,1-3H3. The molecule has 0 N–H and O–H groups in total. The van der Waals surface area contributed by atoms with Crippen LogP contribution in [0.5, 0.6) is 11.5 Å². The van der Waals surface area contributed by atoms with Gasteiger partial charge in [0.05, 0.1) is 36.4 Å². The number of nitrogens with zero attached hydrogens (tertiary/aromatic N) is 2. The van der Waals surface area contributed by atoms with Gasteiger partial charge in [-0.05, 0) is 48.2 Å². The van der Waals surface area contributed by atoms with Gasteiger partial charge in [-0.1, -0.05) is 29.8 Å². The van der Waals surface area contributed by atoms with Crippen molar-refractivity contribution in [2.24, 2.45) is 5.10 Å². The van der Waals surface area contributed by atoms with E-state index in [2.05, 4.69) is 5.10 Å². The van der Waals surface area contributed by atoms with Gasteiger partial charge in [-0.25, -0.2) is 9.80 Å². The number of carbonyl (C=O) groups is 2. The minimum absolute atomic E-state index is 0.354. The first-order valence-electron chi connectivity index (χ1n) is 10.4. The highest BCUT2D eigenvalue weighted by molar-refractivity contribution is 7.12. The molecule has 0 aliphatic carbocycles. The lowest BCUT2D eigenvalue weighted by molar-refractivity contribution is -0.136. The molecule has 1 aromatic heterocycles. The molecule has 33 heavy (non-hydrogen) atoms. The summed E-state index contributed by atoms with van der Waals surface area (Å²) < 4.78 is 16.1. The molecule has 0 fully saturated rings. The molecule has 0 saturated heterocycles. The van der Waals surface area contributed by atoms with Gasteiger partial charge in [0, 0.05) is 6.42 Å². The van der Waals surface area contributed by atoms with Crippen molar-refractivity contribution < 1.29 is 23.8 Å². The Balaban J connectivity index is 1.56. The highest BCUT2D eigenvalue weighted by Crippen LogP contribution is 2.37. The predicted octanol–water partition coefficient (Wildman–Crippen LogP) is 4.61. The van der Waals surface area contributed by atoms with Crippen molar-refractivity contribution in [1.29, 1.82) is 0 Å². The zero-order valence-corrected chi connectivity index (χ0v) is 19.4. The number of benzene rings is 2. The van der Waals surface area contributed by atoms with Crippen molar-refractivity contribution in [3.63, 3.8) is 0 Å². The summed E-state index contributed by atoms with van der Waals surface area (Å²) in [5, 5.41) is 7.97. The Morgan fingerprint density at radius 3 is 2.48 bits per heavy atom. The average Bonchev–Trinajstić information content (AvgIpc) is 3.52. The van der Waals surface area contributed by atoms with Gasteiger partial charge in [0.2, 0.25) is 0 Å². The quantitative estimate of drug-likeness (QED) is 0.477. The molecule has 1 aliphatic rings. The van der Waals surface area contributed by atoms with Crippen molar-refractivity contribution in [2.75, 3.05) is 20.8 Å². The van der Waals surface area contributed by atoms with Crippen LogP contribution in [0.3, 0.4) is 0 Å². The Hall–Kier alpha value is -3.65. The molecule has 3 aromatic rings. The van der Waals surface area contributed by atoms with Crippen LogP contribution in [-0.4, -0.2) is 43.4 Å². The first-order valence-corrected chi connectivity index (χ1v) is 11.3. The summed E-state index contributed by atoms with van der Waals surface area (Å²) in [6.07, 6.45) is 0.535. The van der Waals surface area contributed by atoms with E-state index < -0.39 is 18.5 Å². The summed E-state index contributed by atoms with van der Waals surface area (Å²) in [5.41, 5.74) is 3.09. The fourth-order valence-electron chi connectivity index (χ4n) is 3.62. The van der Waals surface area contributed by atoms with E-state index in [-0.39, 0.29) is 6.04 Å². The number of amides is 1. The minimum atomic E-state index is -0.548. The second-order valence-corrected chi connectivity index (χ2v) is 8.49. The average molecular weight is 465 g/mol. The molecule has 1 aliphatic heterocycles. The van der Waals surface area contributed by atoms with Crippen molar-refractivity contribution >= 4 is 28.9 Å². The summed E-state index contributed by atoms with van der Waals surface area (Å²) >= 11 is 1.56. The number of rotatable bonds is 7. The van der Waals surface area contributed by atoms with Crippen LogP contribution in [0, 0.1) is 6.92 Å². The van der Waals surface area contributed by atoms with Gasteiger partial charge in [0.15, 0.2) is 18.1 Å². The Morgan fingerprint density at radius 2 is 1.82 bits per heavy atom. The van der Waals surface area contributed by atoms with E-state index in [9.17, 15) is 9.59 Å². The number of hydrogen-bond donors (Lipinski definition) is 0. The number of thiophene rings is 1. The molecule has 2 heterocycles. The molecular weight excluding hydrogens is 440 g/mol. The molecule has 1 atom stereocenters. The van der Waals surface area contributed by atoms with Crippen LogP contribution in [-0.2, 0) is 9.53 Å². The fourth-order valence-corrected chi connectivity index (χ4v) is 4.34. The molecule has 170 valence electrons. The maximum Gasteiger partial charge on any atom is 0.338 e. The normalized spacial score (nSPS) is 15.2. The first kappa shape index (κ1) is 22.5. The molecule has 4 rings (SSSR count). The van der Waals surface area contributed by atoms with Gasteiger partial charge >= 0.3 is 5.97 Å². The lowest BCUT2D eigenvalue weighted by Gasteiger charge is -2.22. The topological polar surface area (TPSA) is 77.4 Å². The Labute approximate surface area is 196 Å². The second kappa shape index (κ2) is 9.87. The zero-order chi connectivity index (χ0) is 23.4. The number of methoxy groups -OCH3 is 2. The lowest BCUT2D eigenvalue weighted by Crippen LogP contribution is -2.31. The Bertz CT molecular complexity index is 1170. The van der Waals surface area contributed by atoms with Gasteiger partial charge in [-0.2, -0.15) is 5.10 Å². The highest BCUT2D eigenvalue weighted by Gasteiger charge is 2.34. The van der Waals surface area contributed by atoms with E-state index in [1.54, 1.807) is 43.8 Å². The summed E-state index contributed by atoms with van der Waals surface area (Å²) in [6, 6.07) is 16.1. The third-order valence-corrected chi connectivity index (χ3v) is 6.30. The molecule has 0 spiro atoms. The maximum atomic E-state index is 13.1. The molecular formula is C25H24N2O5S. The van der Waals surface area contributed by atoms with E-state index in [1.807, 2.05) is 48.7 Å². The van der Waals surface area contributed by atoms with E-state index in [0.717, 1.165) is 21.7 Å². The van der Waals surface area contributed by atoms with E-state index in [0.29, 0.717) is 23.5 Å².